The predicted molar refractivity (Wildman–Crippen MR) is 64.1 cm³/mol. The van der Waals surface area contributed by atoms with E-state index in [-0.39, 0.29) is 0 Å². The Morgan fingerprint density at radius 3 is 2.75 bits per heavy atom. The average Bonchev–Trinajstić information content (AvgIpc) is 2.29. The fraction of sp³-hybridized carbons (Fsp3) is 0.0769. The summed E-state index contributed by atoms with van der Waals surface area (Å²) in [5.41, 5.74) is 3.47. The summed E-state index contributed by atoms with van der Waals surface area (Å²) in [5.74, 6) is 0. The van der Waals surface area contributed by atoms with Crippen molar-refractivity contribution in [2.75, 3.05) is 0 Å². The number of hydrogen-bond donors (Lipinski definition) is 0. The Morgan fingerprint density at radius 1 is 1.25 bits per heavy atom. The number of nitriles is 1. The molecule has 0 saturated heterocycles. The second-order valence-electron chi connectivity index (χ2n) is 3.49. The molecule has 3 heteroatoms. The summed E-state index contributed by atoms with van der Waals surface area (Å²) in [6, 6.07) is 9.32. The summed E-state index contributed by atoms with van der Waals surface area (Å²) in [6.45, 7) is 1.99. The largest absolute Gasteiger partial charge is 0.264 e. The zero-order chi connectivity index (χ0) is 11.5. The van der Waals surface area contributed by atoms with E-state index in [4.69, 9.17) is 16.9 Å². The van der Waals surface area contributed by atoms with Gasteiger partial charge in [-0.2, -0.15) is 5.26 Å². The van der Waals surface area contributed by atoms with Crippen molar-refractivity contribution in [3.05, 3.63) is 52.8 Å². The van der Waals surface area contributed by atoms with Crippen molar-refractivity contribution in [1.82, 2.24) is 4.98 Å². The van der Waals surface area contributed by atoms with E-state index in [0.717, 1.165) is 16.7 Å². The molecule has 2 rings (SSSR count). The summed E-state index contributed by atoms with van der Waals surface area (Å²) < 4.78 is 0. The van der Waals surface area contributed by atoms with Gasteiger partial charge in [0.1, 0.15) is 0 Å². The third-order valence-corrected chi connectivity index (χ3v) is 2.67. The topological polar surface area (TPSA) is 36.7 Å². The minimum atomic E-state index is 0.612. The number of nitrogens with zero attached hydrogens (tertiary/aromatic N) is 2. The second kappa shape index (κ2) is 4.34. The number of halogens is 1. The van der Waals surface area contributed by atoms with Crippen molar-refractivity contribution in [1.29, 1.82) is 5.26 Å². The summed E-state index contributed by atoms with van der Waals surface area (Å²) >= 11 is 5.95. The van der Waals surface area contributed by atoms with Crippen molar-refractivity contribution >= 4 is 11.6 Å². The normalized spacial score (nSPS) is 9.81. The van der Waals surface area contributed by atoms with E-state index in [1.807, 2.05) is 13.0 Å². The molecule has 0 aliphatic rings. The lowest BCUT2D eigenvalue weighted by Crippen LogP contribution is -1.88. The molecule has 0 atom stereocenters. The first-order valence-electron chi connectivity index (χ1n) is 4.83. The summed E-state index contributed by atoms with van der Waals surface area (Å²) in [5, 5.41) is 9.67. The van der Waals surface area contributed by atoms with E-state index in [0.29, 0.717) is 10.6 Å². The Morgan fingerprint density at radius 2 is 2.06 bits per heavy atom. The van der Waals surface area contributed by atoms with Gasteiger partial charge in [0.25, 0.3) is 0 Å². The van der Waals surface area contributed by atoms with Gasteiger partial charge in [-0.05, 0) is 36.8 Å². The van der Waals surface area contributed by atoms with Gasteiger partial charge in [-0.15, -0.1) is 0 Å². The molecule has 2 aromatic rings. The maximum atomic E-state index is 9.05. The molecule has 0 N–H and O–H groups in total. The monoisotopic (exact) mass is 228 g/mol. The van der Waals surface area contributed by atoms with Crippen LogP contribution in [0, 0.1) is 18.3 Å². The molecule has 0 saturated carbocycles. The molecule has 2 nitrogen and oxygen atoms in total. The van der Waals surface area contributed by atoms with Gasteiger partial charge >= 0.3 is 0 Å². The van der Waals surface area contributed by atoms with Crippen LogP contribution in [0.2, 0.25) is 5.02 Å². The van der Waals surface area contributed by atoms with Gasteiger partial charge in [-0.25, -0.2) is 0 Å². The van der Waals surface area contributed by atoms with Crippen molar-refractivity contribution < 1.29 is 0 Å². The van der Waals surface area contributed by atoms with Crippen LogP contribution in [0.3, 0.4) is 0 Å². The van der Waals surface area contributed by atoms with Crippen LogP contribution in [-0.4, -0.2) is 4.98 Å². The Hall–Kier alpha value is -1.85. The molecule has 0 aliphatic heterocycles. The number of aryl methyl sites for hydroxylation is 1. The highest BCUT2D eigenvalue weighted by Gasteiger charge is 2.08. The molecule has 0 unspecified atom stereocenters. The number of aromatic nitrogens is 1. The van der Waals surface area contributed by atoms with Crippen molar-refractivity contribution in [3.63, 3.8) is 0 Å². The van der Waals surface area contributed by atoms with Crippen LogP contribution in [0.25, 0.3) is 11.1 Å². The van der Waals surface area contributed by atoms with Crippen molar-refractivity contribution in [2.45, 2.75) is 6.92 Å². The highest BCUT2D eigenvalue weighted by molar-refractivity contribution is 6.30. The SMILES string of the molecule is Cc1ccncc1-c1cc(Cl)ccc1C#N. The molecule has 0 fully saturated rings. The molecule has 1 aromatic carbocycles. The van der Waals surface area contributed by atoms with Crippen LogP contribution < -0.4 is 0 Å². The quantitative estimate of drug-likeness (QED) is 0.748. The Kier molecular flexibility index (Phi) is 2.89. The van der Waals surface area contributed by atoms with E-state index in [9.17, 15) is 0 Å². The molecule has 1 heterocycles. The fourth-order valence-corrected chi connectivity index (χ4v) is 1.75. The van der Waals surface area contributed by atoms with E-state index in [2.05, 4.69) is 11.1 Å². The second-order valence-corrected chi connectivity index (χ2v) is 3.93. The van der Waals surface area contributed by atoms with Crippen LogP contribution in [0.1, 0.15) is 11.1 Å². The minimum Gasteiger partial charge on any atom is -0.264 e. The van der Waals surface area contributed by atoms with Crippen LogP contribution >= 0.6 is 11.6 Å². The Bertz CT molecular complexity index is 570. The van der Waals surface area contributed by atoms with Crippen LogP contribution in [0.15, 0.2) is 36.7 Å². The zero-order valence-corrected chi connectivity index (χ0v) is 9.49. The van der Waals surface area contributed by atoms with Gasteiger partial charge in [0.05, 0.1) is 11.6 Å². The summed E-state index contributed by atoms with van der Waals surface area (Å²) in [4.78, 5) is 4.07. The van der Waals surface area contributed by atoms with Crippen LogP contribution in [-0.2, 0) is 0 Å². The third kappa shape index (κ3) is 1.91. The predicted octanol–water partition coefficient (Wildman–Crippen LogP) is 3.58. The molecule has 16 heavy (non-hydrogen) atoms. The number of hydrogen-bond acceptors (Lipinski definition) is 2. The van der Waals surface area contributed by atoms with Crippen molar-refractivity contribution in [3.8, 4) is 17.2 Å². The standard InChI is InChI=1S/C13H9ClN2/c1-9-4-5-16-8-13(9)12-6-11(14)3-2-10(12)7-15/h2-6,8H,1H3. The lowest BCUT2D eigenvalue weighted by Gasteiger charge is -2.07. The number of pyridine rings is 1. The fourth-order valence-electron chi connectivity index (χ4n) is 1.58. The van der Waals surface area contributed by atoms with E-state index >= 15 is 0 Å². The van der Waals surface area contributed by atoms with Crippen LogP contribution in [0.4, 0.5) is 0 Å². The molecular weight excluding hydrogens is 220 g/mol. The van der Waals surface area contributed by atoms with E-state index in [1.165, 1.54) is 0 Å². The van der Waals surface area contributed by atoms with Gasteiger partial charge in [-0.1, -0.05) is 11.6 Å². The molecule has 78 valence electrons. The first-order valence-corrected chi connectivity index (χ1v) is 5.21. The summed E-state index contributed by atoms with van der Waals surface area (Å²) in [7, 11) is 0. The maximum absolute atomic E-state index is 9.05. The maximum Gasteiger partial charge on any atom is 0.0998 e. The smallest absolute Gasteiger partial charge is 0.0998 e. The van der Waals surface area contributed by atoms with Gasteiger partial charge in [-0.3, -0.25) is 4.98 Å². The summed E-state index contributed by atoms with van der Waals surface area (Å²) in [6.07, 6.45) is 3.48. The highest BCUT2D eigenvalue weighted by Crippen LogP contribution is 2.28. The molecule has 0 bridgehead atoms. The number of benzene rings is 1. The first kappa shape index (κ1) is 10.7. The first-order chi connectivity index (χ1) is 7.72. The molecular formula is C13H9ClN2. The Balaban J connectivity index is 2.69. The third-order valence-electron chi connectivity index (χ3n) is 2.43. The van der Waals surface area contributed by atoms with Crippen LogP contribution in [0.5, 0.6) is 0 Å². The average molecular weight is 229 g/mol. The van der Waals surface area contributed by atoms with Crippen molar-refractivity contribution in [2.24, 2.45) is 0 Å². The highest BCUT2D eigenvalue weighted by atomic mass is 35.5. The molecule has 0 radical (unpaired) electrons. The molecule has 0 amide bonds. The lowest BCUT2D eigenvalue weighted by molar-refractivity contribution is 1.28. The Labute approximate surface area is 99.1 Å². The lowest BCUT2D eigenvalue weighted by atomic mass is 9.98. The van der Waals surface area contributed by atoms with E-state index < -0.39 is 0 Å². The minimum absolute atomic E-state index is 0.612. The van der Waals surface area contributed by atoms with Gasteiger partial charge in [0, 0.05) is 28.5 Å². The zero-order valence-electron chi connectivity index (χ0n) is 8.74. The van der Waals surface area contributed by atoms with E-state index in [1.54, 1.807) is 30.6 Å². The number of rotatable bonds is 1. The van der Waals surface area contributed by atoms with Gasteiger partial charge in [0.2, 0.25) is 0 Å². The van der Waals surface area contributed by atoms with Gasteiger partial charge < -0.3 is 0 Å². The molecule has 1 aromatic heterocycles. The molecule has 0 spiro atoms. The van der Waals surface area contributed by atoms with Gasteiger partial charge in [0.15, 0.2) is 0 Å². The molecule has 0 aliphatic carbocycles.